The van der Waals surface area contributed by atoms with Crippen LogP contribution in [-0.4, -0.2) is 47.5 Å². The Morgan fingerprint density at radius 2 is 1.92 bits per heavy atom. The highest BCUT2D eigenvalue weighted by Gasteiger charge is 2.32. The molecular formula is C18H20N4O3S. The van der Waals surface area contributed by atoms with Crippen LogP contribution in [-0.2, 0) is 10.0 Å². The van der Waals surface area contributed by atoms with E-state index in [4.69, 9.17) is 4.74 Å². The zero-order chi connectivity index (χ0) is 18.1. The Morgan fingerprint density at radius 3 is 2.69 bits per heavy atom. The first-order valence-electron chi connectivity index (χ1n) is 8.53. The number of aromatic nitrogens is 3. The van der Waals surface area contributed by atoms with Crippen LogP contribution in [0.4, 0.5) is 0 Å². The Morgan fingerprint density at radius 1 is 1.12 bits per heavy atom. The summed E-state index contributed by atoms with van der Waals surface area (Å²) < 4.78 is 34.6. The maximum Gasteiger partial charge on any atom is 0.243 e. The highest BCUT2D eigenvalue weighted by Crippen LogP contribution is 2.30. The second kappa shape index (κ2) is 6.69. The summed E-state index contributed by atoms with van der Waals surface area (Å²) in [4.78, 5) is 0.282. The molecular weight excluding hydrogens is 352 g/mol. The Labute approximate surface area is 152 Å². The zero-order valence-electron chi connectivity index (χ0n) is 14.4. The number of hydrogen-bond donors (Lipinski definition) is 0. The number of fused-ring (bicyclic) bond motifs is 1. The number of hydrogen-bond acceptors (Lipinski definition) is 5. The zero-order valence-corrected chi connectivity index (χ0v) is 15.3. The lowest BCUT2D eigenvalue weighted by molar-refractivity contribution is 0.308. The van der Waals surface area contributed by atoms with Crippen molar-refractivity contribution in [1.82, 2.24) is 18.9 Å². The average molecular weight is 372 g/mol. The number of rotatable bonds is 4. The number of nitrogens with zero attached hydrogens (tertiary/aromatic N) is 4. The van der Waals surface area contributed by atoms with Gasteiger partial charge >= 0.3 is 0 Å². The van der Waals surface area contributed by atoms with Crippen LogP contribution in [0.1, 0.15) is 24.6 Å². The van der Waals surface area contributed by atoms with Gasteiger partial charge in [-0.3, -0.25) is 4.40 Å². The Balaban J connectivity index is 1.61. The van der Waals surface area contributed by atoms with Gasteiger partial charge in [-0.25, -0.2) is 8.42 Å². The fraction of sp³-hybridized carbons (Fsp3) is 0.333. The third-order valence-corrected chi connectivity index (χ3v) is 6.67. The van der Waals surface area contributed by atoms with Crippen molar-refractivity contribution < 1.29 is 13.2 Å². The van der Waals surface area contributed by atoms with Crippen LogP contribution >= 0.6 is 0 Å². The predicted octanol–water partition coefficient (Wildman–Crippen LogP) is 2.31. The van der Waals surface area contributed by atoms with Crippen molar-refractivity contribution in [3.05, 3.63) is 54.5 Å². The van der Waals surface area contributed by atoms with Crippen LogP contribution in [0, 0.1) is 0 Å². The number of sulfonamides is 1. The van der Waals surface area contributed by atoms with Gasteiger partial charge in [0.25, 0.3) is 0 Å². The van der Waals surface area contributed by atoms with Gasteiger partial charge in [-0.15, -0.1) is 10.2 Å². The lowest BCUT2D eigenvalue weighted by atomic mass is 9.99. The van der Waals surface area contributed by atoms with Crippen LogP contribution in [0.5, 0.6) is 5.75 Å². The summed E-state index contributed by atoms with van der Waals surface area (Å²) in [5.74, 6) is 1.47. The summed E-state index contributed by atoms with van der Waals surface area (Å²) in [7, 11) is -1.99. The molecule has 8 heteroatoms. The summed E-state index contributed by atoms with van der Waals surface area (Å²) in [5, 5.41) is 8.50. The van der Waals surface area contributed by atoms with E-state index in [0.717, 1.165) is 24.3 Å². The van der Waals surface area contributed by atoms with E-state index in [1.807, 2.05) is 28.8 Å². The first-order chi connectivity index (χ1) is 12.6. The van der Waals surface area contributed by atoms with E-state index in [-0.39, 0.29) is 10.8 Å². The molecule has 1 aliphatic heterocycles. The standard InChI is InChI=1S/C18H20N4O3S/c1-25-15-7-9-16(10-8-15)26(23,24)21-11-4-5-14(13-21)18-20-19-17-6-2-3-12-22(17)18/h2-3,6-10,12,14H,4-5,11,13H2,1H3/t14-/m0/s1. The van der Waals surface area contributed by atoms with Crippen molar-refractivity contribution in [3.63, 3.8) is 0 Å². The van der Waals surface area contributed by atoms with E-state index in [0.29, 0.717) is 18.8 Å². The Bertz CT molecular complexity index is 1010. The van der Waals surface area contributed by atoms with Crippen LogP contribution in [0.2, 0.25) is 0 Å². The van der Waals surface area contributed by atoms with E-state index in [1.165, 1.54) is 0 Å². The molecule has 0 bridgehead atoms. The Kier molecular flexibility index (Phi) is 4.37. The average Bonchev–Trinajstić information content (AvgIpc) is 3.12. The number of benzene rings is 1. The van der Waals surface area contributed by atoms with Gasteiger partial charge in [0, 0.05) is 25.2 Å². The van der Waals surface area contributed by atoms with Crippen molar-refractivity contribution in [2.75, 3.05) is 20.2 Å². The van der Waals surface area contributed by atoms with E-state index < -0.39 is 10.0 Å². The highest BCUT2D eigenvalue weighted by atomic mass is 32.2. The maximum atomic E-state index is 13.0. The molecule has 0 spiro atoms. The first-order valence-corrected chi connectivity index (χ1v) is 9.97. The van der Waals surface area contributed by atoms with E-state index in [2.05, 4.69) is 10.2 Å². The second-order valence-corrected chi connectivity index (χ2v) is 8.30. The smallest absolute Gasteiger partial charge is 0.243 e. The van der Waals surface area contributed by atoms with Crippen molar-refractivity contribution in [2.24, 2.45) is 0 Å². The molecule has 1 aliphatic rings. The fourth-order valence-electron chi connectivity index (χ4n) is 3.41. The lowest BCUT2D eigenvalue weighted by Crippen LogP contribution is -2.39. The van der Waals surface area contributed by atoms with Gasteiger partial charge in [0.05, 0.1) is 12.0 Å². The van der Waals surface area contributed by atoms with Gasteiger partial charge in [-0.2, -0.15) is 4.31 Å². The molecule has 2 aromatic heterocycles. The number of methoxy groups -OCH3 is 1. The molecule has 136 valence electrons. The van der Waals surface area contributed by atoms with Crippen LogP contribution in [0.15, 0.2) is 53.6 Å². The van der Waals surface area contributed by atoms with Crippen LogP contribution < -0.4 is 4.74 Å². The van der Waals surface area contributed by atoms with E-state index in [9.17, 15) is 8.42 Å². The van der Waals surface area contributed by atoms with Crippen LogP contribution in [0.3, 0.4) is 0 Å². The monoisotopic (exact) mass is 372 g/mol. The number of pyridine rings is 1. The summed E-state index contributed by atoms with van der Waals surface area (Å²) in [6.45, 7) is 0.922. The van der Waals surface area contributed by atoms with Gasteiger partial charge in [0.2, 0.25) is 10.0 Å². The first kappa shape index (κ1) is 17.0. The molecule has 0 saturated carbocycles. The molecule has 0 N–H and O–H groups in total. The summed E-state index contributed by atoms with van der Waals surface area (Å²) >= 11 is 0. The van der Waals surface area contributed by atoms with Gasteiger partial charge in [0.1, 0.15) is 11.6 Å². The van der Waals surface area contributed by atoms with E-state index in [1.54, 1.807) is 35.7 Å². The molecule has 4 rings (SSSR count). The van der Waals surface area contributed by atoms with E-state index >= 15 is 0 Å². The molecule has 26 heavy (non-hydrogen) atoms. The molecule has 3 heterocycles. The second-order valence-electron chi connectivity index (χ2n) is 6.36. The summed E-state index contributed by atoms with van der Waals surface area (Å²) in [5.41, 5.74) is 0.776. The molecule has 0 radical (unpaired) electrons. The third kappa shape index (κ3) is 2.95. The molecule has 3 aromatic rings. The Hall–Kier alpha value is -2.45. The number of ether oxygens (including phenoxy) is 1. The summed E-state index contributed by atoms with van der Waals surface area (Å²) in [6, 6.07) is 12.2. The summed E-state index contributed by atoms with van der Waals surface area (Å²) in [6.07, 6.45) is 3.60. The normalized spacial score (nSPS) is 18.9. The fourth-order valence-corrected chi connectivity index (χ4v) is 4.93. The molecule has 0 amide bonds. The van der Waals surface area contributed by atoms with Crippen LogP contribution in [0.25, 0.3) is 5.65 Å². The minimum atomic E-state index is -3.54. The molecule has 1 saturated heterocycles. The van der Waals surface area contributed by atoms with Crippen molar-refractivity contribution >= 4 is 15.7 Å². The van der Waals surface area contributed by atoms with Gasteiger partial charge in [-0.05, 0) is 49.2 Å². The topological polar surface area (TPSA) is 76.8 Å². The maximum absolute atomic E-state index is 13.0. The minimum Gasteiger partial charge on any atom is -0.497 e. The van der Waals surface area contributed by atoms with Gasteiger partial charge < -0.3 is 4.74 Å². The quantitative estimate of drug-likeness (QED) is 0.702. The van der Waals surface area contributed by atoms with Crippen molar-refractivity contribution in [3.8, 4) is 5.75 Å². The van der Waals surface area contributed by atoms with Crippen molar-refractivity contribution in [2.45, 2.75) is 23.7 Å². The SMILES string of the molecule is COc1ccc(S(=O)(=O)N2CCC[C@H](c3nnc4ccccn34)C2)cc1. The molecule has 0 unspecified atom stereocenters. The minimum absolute atomic E-state index is 0.0224. The van der Waals surface area contributed by atoms with Crippen molar-refractivity contribution in [1.29, 1.82) is 0 Å². The molecule has 1 aromatic carbocycles. The highest BCUT2D eigenvalue weighted by molar-refractivity contribution is 7.89. The molecule has 1 fully saturated rings. The molecule has 7 nitrogen and oxygen atoms in total. The molecule has 1 atom stereocenters. The predicted molar refractivity (Wildman–Crippen MR) is 96.7 cm³/mol. The number of piperidine rings is 1. The van der Waals surface area contributed by atoms with Gasteiger partial charge in [-0.1, -0.05) is 6.07 Å². The largest absolute Gasteiger partial charge is 0.497 e. The third-order valence-electron chi connectivity index (χ3n) is 4.79. The lowest BCUT2D eigenvalue weighted by Gasteiger charge is -2.31. The molecule has 0 aliphatic carbocycles. The van der Waals surface area contributed by atoms with Gasteiger partial charge in [0.15, 0.2) is 5.65 Å².